The molecule has 1 aromatic rings. The highest BCUT2D eigenvalue weighted by molar-refractivity contribution is 4.87. The predicted molar refractivity (Wildman–Crippen MR) is 68.5 cm³/mol. The van der Waals surface area contributed by atoms with E-state index in [1.54, 1.807) is 0 Å². The third-order valence-electron chi connectivity index (χ3n) is 2.90. The topological polar surface area (TPSA) is 40.7 Å². The normalized spacial score (nSPS) is 12.9. The van der Waals surface area contributed by atoms with Gasteiger partial charge in [0, 0.05) is 31.4 Å². The molecule has 0 aliphatic heterocycles. The Morgan fingerprint density at radius 2 is 2.25 bits per heavy atom. The standard InChI is InChI=1S/C13H25N3/c1-3-4-5-6-7-12(2)14-9-8-13-15-10-11-16-13/h10-12,14H,3-9H2,1-2H3,(H,15,16). The van der Waals surface area contributed by atoms with Crippen molar-refractivity contribution in [3.63, 3.8) is 0 Å². The maximum Gasteiger partial charge on any atom is 0.107 e. The molecule has 16 heavy (non-hydrogen) atoms. The van der Waals surface area contributed by atoms with Crippen LogP contribution in [-0.4, -0.2) is 22.6 Å². The summed E-state index contributed by atoms with van der Waals surface area (Å²) in [6.45, 7) is 5.54. The van der Waals surface area contributed by atoms with Crippen molar-refractivity contribution in [1.29, 1.82) is 0 Å². The van der Waals surface area contributed by atoms with Gasteiger partial charge in [-0.1, -0.05) is 32.6 Å². The fraction of sp³-hybridized carbons (Fsp3) is 0.769. The summed E-state index contributed by atoms with van der Waals surface area (Å²) in [5, 5.41) is 3.54. The summed E-state index contributed by atoms with van der Waals surface area (Å²) in [5.74, 6) is 1.07. The number of unbranched alkanes of at least 4 members (excludes halogenated alkanes) is 3. The zero-order valence-corrected chi connectivity index (χ0v) is 10.6. The van der Waals surface area contributed by atoms with E-state index in [1.807, 2.05) is 12.4 Å². The molecule has 92 valence electrons. The van der Waals surface area contributed by atoms with Crippen molar-refractivity contribution in [3.05, 3.63) is 18.2 Å². The van der Waals surface area contributed by atoms with Gasteiger partial charge in [0.1, 0.15) is 5.82 Å². The number of aromatic amines is 1. The van der Waals surface area contributed by atoms with E-state index < -0.39 is 0 Å². The average Bonchev–Trinajstić information content (AvgIpc) is 2.77. The van der Waals surface area contributed by atoms with Gasteiger partial charge in [-0.05, 0) is 13.3 Å². The predicted octanol–water partition coefficient (Wildman–Crippen LogP) is 2.90. The summed E-state index contributed by atoms with van der Waals surface area (Å²) in [4.78, 5) is 7.32. The second-order valence-electron chi connectivity index (χ2n) is 4.49. The molecule has 1 heterocycles. The van der Waals surface area contributed by atoms with Crippen LogP contribution in [0.3, 0.4) is 0 Å². The first-order valence-electron chi connectivity index (χ1n) is 6.54. The molecule has 0 amide bonds. The van der Waals surface area contributed by atoms with E-state index in [0.717, 1.165) is 18.8 Å². The second kappa shape index (κ2) is 8.34. The summed E-state index contributed by atoms with van der Waals surface area (Å²) in [5.41, 5.74) is 0. The van der Waals surface area contributed by atoms with Crippen molar-refractivity contribution < 1.29 is 0 Å². The summed E-state index contributed by atoms with van der Waals surface area (Å²) in [6, 6.07) is 0.631. The Labute approximate surface area is 99.1 Å². The van der Waals surface area contributed by atoms with Gasteiger partial charge in [0.15, 0.2) is 0 Å². The highest BCUT2D eigenvalue weighted by atomic mass is 14.9. The van der Waals surface area contributed by atoms with Gasteiger partial charge in [-0.3, -0.25) is 0 Å². The van der Waals surface area contributed by atoms with Crippen LogP contribution in [0.25, 0.3) is 0 Å². The summed E-state index contributed by atoms with van der Waals surface area (Å²) in [7, 11) is 0. The Morgan fingerprint density at radius 3 is 2.94 bits per heavy atom. The molecule has 0 radical (unpaired) electrons. The molecule has 0 spiro atoms. The van der Waals surface area contributed by atoms with E-state index in [-0.39, 0.29) is 0 Å². The number of nitrogens with one attached hydrogen (secondary N) is 2. The molecule has 1 aromatic heterocycles. The summed E-state index contributed by atoms with van der Waals surface area (Å²) < 4.78 is 0. The molecule has 0 saturated carbocycles. The van der Waals surface area contributed by atoms with Crippen LogP contribution >= 0.6 is 0 Å². The van der Waals surface area contributed by atoms with Gasteiger partial charge in [0.2, 0.25) is 0 Å². The monoisotopic (exact) mass is 223 g/mol. The molecular weight excluding hydrogens is 198 g/mol. The van der Waals surface area contributed by atoms with Crippen LogP contribution in [0.5, 0.6) is 0 Å². The van der Waals surface area contributed by atoms with Gasteiger partial charge in [-0.25, -0.2) is 4.98 Å². The first kappa shape index (κ1) is 13.2. The molecule has 0 saturated heterocycles. The largest absolute Gasteiger partial charge is 0.349 e. The first-order chi connectivity index (χ1) is 7.83. The summed E-state index contributed by atoms with van der Waals surface area (Å²) in [6.07, 6.45) is 11.4. The van der Waals surface area contributed by atoms with Gasteiger partial charge < -0.3 is 10.3 Å². The highest BCUT2D eigenvalue weighted by Gasteiger charge is 2.01. The van der Waals surface area contributed by atoms with E-state index in [4.69, 9.17) is 0 Å². The van der Waals surface area contributed by atoms with Gasteiger partial charge in [-0.15, -0.1) is 0 Å². The molecule has 1 atom stereocenters. The van der Waals surface area contributed by atoms with Crippen molar-refractivity contribution in [2.45, 2.75) is 58.4 Å². The van der Waals surface area contributed by atoms with Crippen molar-refractivity contribution in [2.24, 2.45) is 0 Å². The third-order valence-corrected chi connectivity index (χ3v) is 2.90. The molecule has 0 aromatic carbocycles. The van der Waals surface area contributed by atoms with Gasteiger partial charge >= 0.3 is 0 Å². The number of H-pyrrole nitrogens is 1. The minimum Gasteiger partial charge on any atom is -0.349 e. The molecule has 0 fully saturated rings. The number of rotatable bonds is 9. The zero-order chi connectivity index (χ0) is 11.6. The highest BCUT2D eigenvalue weighted by Crippen LogP contribution is 2.05. The molecule has 2 N–H and O–H groups in total. The van der Waals surface area contributed by atoms with E-state index >= 15 is 0 Å². The number of imidazole rings is 1. The minimum atomic E-state index is 0.631. The van der Waals surface area contributed by atoms with E-state index in [9.17, 15) is 0 Å². The minimum absolute atomic E-state index is 0.631. The van der Waals surface area contributed by atoms with Crippen LogP contribution in [0.1, 0.15) is 51.8 Å². The Hall–Kier alpha value is -0.830. The lowest BCUT2D eigenvalue weighted by molar-refractivity contribution is 0.484. The Kier molecular flexibility index (Phi) is 6.90. The molecule has 3 heteroatoms. The fourth-order valence-corrected chi connectivity index (χ4v) is 1.85. The second-order valence-corrected chi connectivity index (χ2v) is 4.49. The number of nitrogens with zero attached hydrogens (tertiary/aromatic N) is 1. The Bertz CT molecular complexity index is 244. The summed E-state index contributed by atoms with van der Waals surface area (Å²) >= 11 is 0. The number of hydrogen-bond acceptors (Lipinski definition) is 2. The van der Waals surface area contributed by atoms with Crippen LogP contribution in [0.4, 0.5) is 0 Å². The molecule has 0 aliphatic carbocycles. The van der Waals surface area contributed by atoms with Gasteiger partial charge in [-0.2, -0.15) is 0 Å². The molecular formula is C13H25N3. The smallest absolute Gasteiger partial charge is 0.107 e. The maximum atomic E-state index is 4.20. The van der Waals surface area contributed by atoms with Crippen LogP contribution < -0.4 is 5.32 Å². The molecule has 3 nitrogen and oxygen atoms in total. The van der Waals surface area contributed by atoms with Crippen molar-refractivity contribution in [3.8, 4) is 0 Å². The van der Waals surface area contributed by atoms with Crippen molar-refractivity contribution in [1.82, 2.24) is 15.3 Å². The number of hydrogen-bond donors (Lipinski definition) is 2. The quantitative estimate of drug-likeness (QED) is 0.632. The van der Waals surface area contributed by atoms with Crippen LogP contribution in [0, 0.1) is 0 Å². The molecule has 0 bridgehead atoms. The lowest BCUT2D eigenvalue weighted by Gasteiger charge is -2.12. The Morgan fingerprint density at radius 1 is 1.38 bits per heavy atom. The van der Waals surface area contributed by atoms with Crippen molar-refractivity contribution >= 4 is 0 Å². The molecule has 0 aliphatic rings. The zero-order valence-electron chi connectivity index (χ0n) is 10.6. The van der Waals surface area contributed by atoms with Gasteiger partial charge in [0.05, 0.1) is 0 Å². The molecule has 1 unspecified atom stereocenters. The van der Waals surface area contributed by atoms with E-state index in [0.29, 0.717) is 6.04 Å². The van der Waals surface area contributed by atoms with E-state index in [1.165, 1.54) is 32.1 Å². The van der Waals surface area contributed by atoms with Crippen LogP contribution in [0.2, 0.25) is 0 Å². The average molecular weight is 223 g/mol. The van der Waals surface area contributed by atoms with Crippen LogP contribution in [0.15, 0.2) is 12.4 Å². The number of aromatic nitrogens is 2. The van der Waals surface area contributed by atoms with E-state index in [2.05, 4.69) is 29.1 Å². The lowest BCUT2D eigenvalue weighted by atomic mass is 10.1. The van der Waals surface area contributed by atoms with Gasteiger partial charge in [0.25, 0.3) is 0 Å². The lowest BCUT2D eigenvalue weighted by Crippen LogP contribution is -2.28. The first-order valence-corrected chi connectivity index (χ1v) is 6.54. The molecule has 1 rings (SSSR count). The maximum absolute atomic E-state index is 4.20. The van der Waals surface area contributed by atoms with Crippen LogP contribution in [-0.2, 0) is 6.42 Å². The van der Waals surface area contributed by atoms with Crippen molar-refractivity contribution in [2.75, 3.05) is 6.54 Å². The Balaban J connectivity index is 1.95. The third kappa shape index (κ3) is 5.91. The SMILES string of the molecule is CCCCCCC(C)NCCc1ncc[nH]1. The fourth-order valence-electron chi connectivity index (χ4n) is 1.85.